The highest BCUT2D eigenvalue weighted by molar-refractivity contribution is 5.73. The summed E-state index contributed by atoms with van der Waals surface area (Å²) in [7, 11) is 1.44. The molecule has 2 rings (SSSR count). The second-order valence-electron chi connectivity index (χ2n) is 4.53. The van der Waals surface area contributed by atoms with E-state index >= 15 is 0 Å². The van der Waals surface area contributed by atoms with Crippen molar-refractivity contribution in [3.05, 3.63) is 11.8 Å². The van der Waals surface area contributed by atoms with Crippen LogP contribution in [0.3, 0.4) is 0 Å². The van der Waals surface area contributed by atoms with E-state index in [1.807, 2.05) is 6.08 Å². The summed E-state index contributed by atoms with van der Waals surface area (Å²) < 4.78 is 4.71. The molecule has 0 unspecified atom stereocenters. The molecule has 0 aromatic rings. The quantitative estimate of drug-likeness (QED) is 0.654. The lowest BCUT2D eigenvalue weighted by atomic mass is 9.57. The average molecular weight is 196 g/mol. The number of aliphatic hydroxyl groups excluding tert-OH is 1. The summed E-state index contributed by atoms with van der Waals surface area (Å²) in [6.07, 6.45) is 6.48. The number of methoxy groups -OCH3 is 1. The number of ether oxygens (including phenoxy) is 1. The standard InChI is InChI=1S/C11H16O3/c1-14-10(13)8-6-11(7-8)4-2-9(12)3-5-11/h2,8,12H,3-7H2,1H3. The number of hydrogen-bond acceptors (Lipinski definition) is 3. The van der Waals surface area contributed by atoms with Gasteiger partial charge in [-0.3, -0.25) is 4.79 Å². The van der Waals surface area contributed by atoms with Gasteiger partial charge in [0.25, 0.3) is 0 Å². The lowest BCUT2D eigenvalue weighted by Crippen LogP contribution is -2.42. The fourth-order valence-electron chi connectivity index (χ4n) is 2.62. The molecule has 0 atom stereocenters. The second kappa shape index (κ2) is 3.30. The smallest absolute Gasteiger partial charge is 0.308 e. The Morgan fingerprint density at radius 2 is 2.36 bits per heavy atom. The summed E-state index contributed by atoms with van der Waals surface area (Å²) in [6, 6.07) is 0. The highest BCUT2D eigenvalue weighted by Crippen LogP contribution is 2.54. The van der Waals surface area contributed by atoms with Crippen LogP contribution in [0.4, 0.5) is 0 Å². The summed E-state index contributed by atoms with van der Waals surface area (Å²) >= 11 is 0. The van der Waals surface area contributed by atoms with Crippen LogP contribution in [0.2, 0.25) is 0 Å². The number of carbonyl (C=O) groups is 1. The molecule has 3 heteroatoms. The predicted octanol–water partition coefficient (Wildman–Crippen LogP) is 2.18. The first-order chi connectivity index (χ1) is 6.65. The third kappa shape index (κ3) is 1.51. The van der Waals surface area contributed by atoms with Gasteiger partial charge in [-0.15, -0.1) is 0 Å². The topological polar surface area (TPSA) is 46.5 Å². The number of aliphatic hydroxyl groups is 1. The normalized spacial score (nSPS) is 36.1. The maximum Gasteiger partial charge on any atom is 0.308 e. The van der Waals surface area contributed by atoms with Crippen molar-refractivity contribution in [3.63, 3.8) is 0 Å². The van der Waals surface area contributed by atoms with Crippen molar-refractivity contribution in [1.29, 1.82) is 0 Å². The van der Waals surface area contributed by atoms with E-state index in [-0.39, 0.29) is 11.9 Å². The van der Waals surface area contributed by atoms with Crippen LogP contribution in [-0.2, 0) is 9.53 Å². The van der Waals surface area contributed by atoms with Gasteiger partial charge in [0.1, 0.15) is 0 Å². The van der Waals surface area contributed by atoms with Crippen molar-refractivity contribution >= 4 is 5.97 Å². The predicted molar refractivity (Wildman–Crippen MR) is 51.7 cm³/mol. The van der Waals surface area contributed by atoms with E-state index in [1.165, 1.54) is 7.11 Å². The Kier molecular flexibility index (Phi) is 2.25. The zero-order valence-corrected chi connectivity index (χ0v) is 8.45. The maximum absolute atomic E-state index is 11.2. The number of rotatable bonds is 1. The summed E-state index contributed by atoms with van der Waals surface area (Å²) in [5.74, 6) is 0.542. The van der Waals surface area contributed by atoms with E-state index in [9.17, 15) is 9.90 Å². The van der Waals surface area contributed by atoms with Gasteiger partial charge in [0.05, 0.1) is 18.8 Å². The number of hydrogen-bond donors (Lipinski definition) is 1. The number of allylic oxidation sites excluding steroid dienone is 2. The van der Waals surface area contributed by atoms with Crippen LogP contribution in [0.5, 0.6) is 0 Å². The van der Waals surface area contributed by atoms with Crippen molar-refractivity contribution in [2.75, 3.05) is 7.11 Å². The van der Waals surface area contributed by atoms with Crippen LogP contribution in [0.15, 0.2) is 11.8 Å². The van der Waals surface area contributed by atoms with Crippen LogP contribution >= 0.6 is 0 Å². The monoisotopic (exact) mass is 196 g/mol. The molecule has 0 radical (unpaired) electrons. The molecule has 78 valence electrons. The third-order valence-corrected chi connectivity index (χ3v) is 3.58. The minimum absolute atomic E-state index is 0.0746. The number of esters is 1. The first-order valence-corrected chi connectivity index (χ1v) is 5.11. The fourth-order valence-corrected chi connectivity index (χ4v) is 2.62. The third-order valence-electron chi connectivity index (χ3n) is 3.58. The zero-order chi connectivity index (χ0) is 10.2. The van der Waals surface area contributed by atoms with Gasteiger partial charge in [-0.05, 0) is 37.2 Å². The molecule has 2 aliphatic carbocycles. The van der Waals surface area contributed by atoms with Gasteiger partial charge >= 0.3 is 5.97 Å². The van der Waals surface area contributed by atoms with E-state index < -0.39 is 0 Å². The summed E-state index contributed by atoms with van der Waals surface area (Å²) in [6.45, 7) is 0. The largest absolute Gasteiger partial charge is 0.513 e. The Labute approximate surface area is 83.8 Å². The second-order valence-corrected chi connectivity index (χ2v) is 4.53. The summed E-state index contributed by atoms with van der Waals surface area (Å²) in [4.78, 5) is 11.2. The van der Waals surface area contributed by atoms with Crippen molar-refractivity contribution in [1.82, 2.24) is 0 Å². The lowest BCUT2D eigenvalue weighted by molar-refractivity contribution is -0.154. The Bertz CT molecular complexity index is 274. The molecule has 0 amide bonds. The molecule has 14 heavy (non-hydrogen) atoms. The van der Waals surface area contributed by atoms with Crippen LogP contribution in [-0.4, -0.2) is 18.2 Å². The van der Waals surface area contributed by atoms with Crippen LogP contribution in [0.25, 0.3) is 0 Å². The van der Waals surface area contributed by atoms with Gasteiger partial charge < -0.3 is 9.84 Å². The van der Waals surface area contributed by atoms with Gasteiger partial charge in [-0.2, -0.15) is 0 Å². The van der Waals surface area contributed by atoms with Crippen LogP contribution < -0.4 is 0 Å². The van der Waals surface area contributed by atoms with Crippen LogP contribution in [0, 0.1) is 11.3 Å². The molecule has 1 saturated carbocycles. The summed E-state index contributed by atoms with van der Waals surface area (Å²) in [5, 5.41) is 9.25. The van der Waals surface area contributed by atoms with Crippen molar-refractivity contribution < 1.29 is 14.6 Å². The van der Waals surface area contributed by atoms with E-state index in [0.717, 1.165) is 32.1 Å². The first kappa shape index (κ1) is 9.56. The molecular weight excluding hydrogens is 180 g/mol. The van der Waals surface area contributed by atoms with Crippen LogP contribution in [0.1, 0.15) is 32.1 Å². The highest BCUT2D eigenvalue weighted by atomic mass is 16.5. The molecule has 0 aliphatic heterocycles. The van der Waals surface area contributed by atoms with E-state index in [1.54, 1.807) is 0 Å². The zero-order valence-electron chi connectivity index (χ0n) is 8.45. The first-order valence-electron chi connectivity index (χ1n) is 5.11. The van der Waals surface area contributed by atoms with Crippen molar-refractivity contribution in [3.8, 4) is 0 Å². The Morgan fingerprint density at radius 1 is 1.64 bits per heavy atom. The molecule has 1 fully saturated rings. The molecule has 0 bridgehead atoms. The lowest BCUT2D eigenvalue weighted by Gasteiger charge is -2.47. The van der Waals surface area contributed by atoms with E-state index in [2.05, 4.69) is 0 Å². The SMILES string of the molecule is COC(=O)C1CC2(CC=C(O)CC2)C1. The van der Waals surface area contributed by atoms with Gasteiger partial charge in [0.15, 0.2) is 0 Å². The molecular formula is C11H16O3. The molecule has 0 aromatic carbocycles. The minimum Gasteiger partial charge on any atom is -0.513 e. The fraction of sp³-hybridized carbons (Fsp3) is 0.727. The van der Waals surface area contributed by atoms with E-state index in [4.69, 9.17) is 4.74 Å². The molecule has 1 N–H and O–H groups in total. The minimum atomic E-state index is -0.0746. The Hall–Kier alpha value is -0.990. The Balaban J connectivity index is 1.90. The van der Waals surface area contributed by atoms with Gasteiger partial charge in [0.2, 0.25) is 0 Å². The van der Waals surface area contributed by atoms with Crippen molar-refractivity contribution in [2.24, 2.45) is 11.3 Å². The van der Waals surface area contributed by atoms with Crippen molar-refractivity contribution in [2.45, 2.75) is 32.1 Å². The molecule has 2 aliphatic rings. The maximum atomic E-state index is 11.2. The van der Waals surface area contributed by atoms with Gasteiger partial charge in [-0.25, -0.2) is 0 Å². The molecule has 0 saturated heterocycles. The molecule has 1 spiro atoms. The Morgan fingerprint density at radius 3 is 2.86 bits per heavy atom. The molecule has 0 aromatic heterocycles. The van der Waals surface area contributed by atoms with Gasteiger partial charge in [-0.1, -0.05) is 0 Å². The highest BCUT2D eigenvalue weighted by Gasteiger charge is 2.47. The number of carbonyl (C=O) groups excluding carboxylic acids is 1. The van der Waals surface area contributed by atoms with Gasteiger partial charge in [0, 0.05) is 6.42 Å². The molecule has 0 heterocycles. The summed E-state index contributed by atoms with van der Waals surface area (Å²) in [5.41, 5.74) is 0.297. The van der Waals surface area contributed by atoms with E-state index in [0.29, 0.717) is 11.2 Å². The molecule has 3 nitrogen and oxygen atoms in total. The average Bonchev–Trinajstić information content (AvgIpc) is 2.15.